The van der Waals surface area contributed by atoms with Crippen molar-refractivity contribution in [3.8, 4) is 16.3 Å². The first kappa shape index (κ1) is 22.4. The van der Waals surface area contributed by atoms with E-state index >= 15 is 0 Å². The zero-order valence-electron chi connectivity index (χ0n) is 18.5. The molecule has 2 aromatic heterocycles. The van der Waals surface area contributed by atoms with Crippen LogP contribution >= 0.6 is 11.3 Å². The summed E-state index contributed by atoms with van der Waals surface area (Å²) in [7, 11) is 0. The van der Waals surface area contributed by atoms with Crippen molar-refractivity contribution >= 4 is 28.1 Å². The lowest BCUT2D eigenvalue weighted by Gasteiger charge is -2.28. The van der Waals surface area contributed by atoms with Gasteiger partial charge < -0.3 is 10.4 Å². The molecule has 176 valence electrons. The fourth-order valence-corrected chi connectivity index (χ4v) is 5.11. The molecule has 7 nitrogen and oxygen atoms in total. The quantitative estimate of drug-likeness (QED) is 0.416. The number of aromatic hydroxyl groups is 1. The van der Waals surface area contributed by atoms with Gasteiger partial charge in [-0.15, -0.1) is 10.2 Å². The maximum atomic E-state index is 13.5. The Morgan fingerprint density at radius 1 is 1.15 bits per heavy atom. The van der Waals surface area contributed by atoms with Crippen molar-refractivity contribution in [1.29, 1.82) is 0 Å². The van der Waals surface area contributed by atoms with Crippen LogP contribution in [0.25, 0.3) is 21.5 Å². The predicted molar refractivity (Wildman–Crippen MR) is 125 cm³/mol. The number of amides is 1. The number of carbonyl (C=O) groups excluding carboxylic acids is 1. The molecule has 0 unspecified atom stereocenters. The van der Waals surface area contributed by atoms with E-state index in [0.29, 0.717) is 6.54 Å². The first-order chi connectivity index (χ1) is 16.4. The molecule has 2 aromatic carbocycles. The average Bonchev–Trinajstić information content (AvgIpc) is 3.46. The molecule has 1 aliphatic rings. The van der Waals surface area contributed by atoms with Crippen LogP contribution in [0, 0.1) is 24.5 Å². The highest BCUT2D eigenvalue weighted by atomic mass is 32.1. The molecule has 0 spiro atoms. The molecule has 1 saturated carbocycles. The molecule has 0 aliphatic heterocycles. The lowest BCUT2D eigenvalue weighted by molar-refractivity contribution is 0.0940. The molecular weight excluding hydrogens is 460 g/mol. The van der Waals surface area contributed by atoms with Crippen molar-refractivity contribution in [3.63, 3.8) is 0 Å². The van der Waals surface area contributed by atoms with E-state index in [2.05, 4.69) is 27.8 Å². The molecule has 4 aromatic rings. The Morgan fingerprint density at radius 2 is 1.88 bits per heavy atom. The Labute approximate surface area is 198 Å². The minimum atomic E-state index is -1.15. The number of phenolic OH excluding ortho intramolecular Hbond substituents is 1. The van der Waals surface area contributed by atoms with Crippen LogP contribution in [0.4, 0.5) is 8.78 Å². The van der Waals surface area contributed by atoms with E-state index in [-0.39, 0.29) is 17.5 Å². The minimum absolute atomic E-state index is 0.146. The van der Waals surface area contributed by atoms with Crippen molar-refractivity contribution in [3.05, 3.63) is 58.7 Å². The van der Waals surface area contributed by atoms with Gasteiger partial charge in [-0.2, -0.15) is 5.10 Å². The van der Waals surface area contributed by atoms with Gasteiger partial charge in [0.15, 0.2) is 17.4 Å². The van der Waals surface area contributed by atoms with Crippen molar-refractivity contribution in [1.82, 2.24) is 25.3 Å². The summed E-state index contributed by atoms with van der Waals surface area (Å²) in [5.41, 5.74) is 1.79. The third-order valence-corrected chi connectivity index (χ3v) is 7.21. The Kier molecular flexibility index (Phi) is 5.99. The normalized spacial score (nSPS) is 18.3. The smallest absolute Gasteiger partial charge is 0.251 e. The van der Waals surface area contributed by atoms with Crippen LogP contribution < -0.4 is 5.32 Å². The lowest BCUT2D eigenvalue weighted by atomic mass is 9.86. The Bertz CT molecular complexity index is 1340. The molecule has 1 aliphatic carbocycles. The summed E-state index contributed by atoms with van der Waals surface area (Å²) in [6.07, 6.45) is 5.76. The van der Waals surface area contributed by atoms with Gasteiger partial charge in [-0.05, 0) is 56.7 Å². The number of hydrogen-bond donors (Lipinski definition) is 2. The fraction of sp³-hybridized carbons (Fsp3) is 0.333. The van der Waals surface area contributed by atoms with E-state index in [9.17, 15) is 18.7 Å². The second kappa shape index (κ2) is 9.09. The summed E-state index contributed by atoms with van der Waals surface area (Å²) < 4.78 is 29.0. The largest absolute Gasteiger partial charge is 0.503 e. The predicted octanol–water partition coefficient (Wildman–Crippen LogP) is 5.01. The Balaban J connectivity index is 1.18. The van der Waals surface area contributed by atoms with Crippen LogP contribution in [0.2, 0.25) is 0 Å². The molecule has 0 radical (unpaired) electrons. The highest BCUT2D eigenvalue weighted by Crippen LogP contribution is 2.33. The van der Waals surface area contributed by atoms with E-state index in [1.54, 1.807) is 11.3 Å². The fourth-order valence-electron chi connectivity index (χ4n) is 4.42. The van der Waals surface area contributed by atoms with Gasteiger partial charge in [0, 0.05) is 29.3 Å². The second-order valence-electron chi connectivity index (χ2n) is 8.68. The van der Waals surface area contributed by atoms with Gasteiger partial charge >= 0.3 is 0 Å². The third kappa shape index (κ3) is 4.50. The summed E-state index contributed by atoms with van der Waals surface area (Å²) in [5, 5.41) is 27.9. The van der Waals surface area contributed by atoms with Crippen LogP contribution in [-0.4, -0.2) is 37.5 Å². The SMILES string of the molecule is Cc1nnc(-c2ccc3cn([C@H]4CC[C@H](CNC(=O)c5cc(F)c(O)c(F)c5)CC4)nc3c2)s1. The molecule has 0 saturated heterocycles. The number of aryl methyl sites for hydroxylation is 1. The molecule has 2 N–H and O–H groups in total. The molecule has 34 heavy (non-hydrogen) atoms. The number of carbonyl (C=O) groups is 1. The number of nitrogens with one attached hydrogen (secondary N) is 1. The zero-order valence-corrected chi connectivity index (χ0v) is 19.3. The van der Waals surface area contributed by atoms with E-state index in [0.717, 1.165) is 64.3 Å². The molecule has 2 heterocycles. The number of aromatic nitrogens is 4. The summed E-state index contributed by atoms with van der Waals surface area (Å²) >= 11 is 1.56. The van der Waals surface area contributed by atoms with E-state index in [4.69, 9.17) is 5.10 Å². The highest BCUT2D eigenvalue weighted by Gasteiger charge is 2.24. The monoisotopic (exact) mass is 483 g/mol. The molecule has 0 bridgehead atoms. The van der Waals surface area contributed by atoms with Crippen LogP contribution in [0.15, 0.2) is 36.5 Å². The van der Waals surface area contributed by atoms with Crippen molar-refractivity contribution < 1.29 is 18.7 Å². The molecule has 5 rings (SSSR count). The van der Waals surface area contributed by atoms with Crippen molar-refractivity contribution in [2.75, 3.05) is 6.54 Å². The first-order valence-electron chi connectivity index (χ1n) is 11.1. The first-order valence-corrected chi connectivity index (χ1v) is 11.9. The average molecular weight is 484 g/mol. The van der Waals surface area contributed by atoms with Crippen LogP contribution in [0.1, 0.15) is 47.1 Å². The topological polar surface area (TPSA) is 92.9 Å². The maximum Gasteiger partial charge on any atom is 0.251 e. The van der Waals surface area contributed by atoms with Crippen LogP contribution in [0.5, 0.6) is 5.75 Å². The molecule has 1 fully saturated rings. The van der Waals surface area contributed by atoms with Gasteiger partial charge in [0.05, 0.1) is 11.6 Å². The number of fused-ring (bicyclic) bond motifs is 1. The summed E-state index contributed by atoms with van der Waals surface area (Å²) in [6.45, 7) is 2.37. The van der Waals surface area contributed by atoms with E-state index in [1.807, 2.05) is 23.7 Å². The van der Waals surface area contributed by atoms with E-state index in [1.165, 1.54) is 0 Å². The standard InChI is InChI=1S/C24H23F2N5O2S/c1-13-28-29-24(34-13)15-4-5-16-12-31(30-21(16)10-15)18-6-2-14(3-7-18)11-27-23(33)17-8-19(25)22(32)20(26)9-17/h4-5,8-10,12,14,18,32H,2-3,6-7,11H2,1H3,(H,27,33)/t14-,18-. The van der Waals surface area contributed by atoms with Gasteiger partial charge in [0.25, 0.3) is 5.91 Å². The van der Waals surface area contributed by atoms with Gasteiger partial charge in [0.2, 0.25) is 0 Å². The number of halogens is 2. The second-order valence-corrected chi connectivity index (χ2v) is 9.86. The lowest BCUT2D eigenvalue weighted by Crippen LogP contribution is -2.31. The molecular formula is C24H23F2N5O2S. The number of hydrogen-bond acceptors (Lipinski definition) is 6. The summed E-state index contributed by atoms with van der Waals surface area (Å²) in [6, 6.07) is 8.10. The van der Waals surface area contributed by atoms with Gasteiger partial charge in [0.1, 0.15) is 10.0 Å². The number of benzene rings is 2. The number of phenols is 1. The zero-order chi connectivity index (χ0) is 23.8. The summed E-state index contributed by atoms with van der Waals surface area (Å²) in [5.74, 6) is -3.65. The highest BCUT2D eigenvalue weighted by molar-refractivity contribution is 7.14. The number of rotatable bonds is 5. The maximum absolute atomic E-state index is 13.5. The van der Waals surface area contributed by atoms with Gasteiger partial charge in [-0.3, -0.25) is 9.48 Å². The van der Waals surface area contributed by atoms with Crippen LogP contribution in [0.3, 0.4) is 0 Å². The van der Waals surface area contributed by atoms with Gasteiger partial charge in [-0.1, -0.05) is 23.5 Å². The molecule has 10 heteroatoms. The van der Waals surface area contributed by atoms with Crippen molar-refractivity contribution in [2.45, 2.75) is 38.6 Å². The molecule has 0 atom stereocenters. The van der Waals surface area contributed by atoms with Gasteiger partial charge in [-0.25, -0.2) is 8.78 Å². The number of nitrogens with zero attached hydrogens (tertiary/aromatic N) is 4. The summed E-state index contributed by atoms with van der Waals surface area (Å²) in [4.78, 5) is 12.3. The van der Waals surface area contributed by atoms with E-state index < -0.39 is 23.3 Å². The van der Waals surface area contributed by atoms with Crippen molar-refractivity contribution in [2.24, 2.45) is 5.92 Å². The Hall–Kier alpha value is -3.40. The Morgan fingerprint density at radius 3 is 2.56 bits per heavy atom. The molecule has 1 amide bonds. The van der Waals surface area contributed by atoms with Crippen LogP contribution in [-0.2, 0) is 0 Å². The minimum Gasteiger partial charge on any atom is -0.503 e. The third-order valence-electron chi connectivity index (χ3n) is 6.32.